The largest absolute Gasteiger partial charge is 0.354 e. The van der Waals surface area contributed by atoms with E-state index >= 15 is 0 Å². The number of fused-ring (bicyclic) bond motifs is 1. The Bertz CT molecular complexity index is 912. The molecule has 122 valence electrons. The Balaban J connectivity index is 1.71. The van der Waals surface area contributed by atoms with Gasteiger partial charge in [-0.3, -0.25) is 9.78 Å². The highest BCUT2D eigenvalue weighted by atomic mass is 16.1. The molecule has 1 fully saturated rings. The Morgan fingerprint density at radius 3 is 2.92 bits per heavy atom. The molecule has 0 bridgehead atoms. The molecular weight excluding hydrogens is 302 g/mol. The molecule has 0 unspecified atom stereocenters. The number of nitrogens with one attached hydrogen (secondary N) is 2. The van der Waals surface area contributed by atoms with Crippen LogP contribution in [-0.4, -0.2) is 41.1 Å². The quantitative estimate of drug-likeness (QED) is 0.753. The fourth-order valence-electron chi connectivity index (χ4n) is 3.03. The van der Waals surface area contributed by atoms with E-state index in [4.69, 9.17) is 4.98 Å². The summed E-state index contributed by atoms with van der Waals surface area (Å²) < 4.78 is 0. The van der Waals surface area contributed by atoms with Crippen molar-refractivity contribution in [3.8, 4) is 11.3 Å². The fraction of sp³-hybridized carbons (Fsp3) is 0.278. The number of anilines is 1. The molecule has 0 spiro atoms. The van der Waals surface area contributed by atoms with Gasteiger partial charge in [0.1, 0.15) is 5.82 Å². The van der Waals surface area contributed by atoms with Gasteiger partial charge in [-0.05, 0) is 30.5 Å². The topological polar surface area (TPSA) is 73.9 Å². The van der Waals surface area contributed by atoms with Crippen molar-refractivity contribution in [1.82, 2.24) is 20.3 Å². The Labute approximate surface area is 139 Å². The average Bonchev–Trinajstić information content (AvgIpc) is 2.90. The van der Waals surface area contributed by atoms with Gasteiger partial charge < -0.3 is 15.2 Å². The summed E-state index contributed by atoms with van der Waals surface area (Å²) in [4.78, 5) is 25.8. The van der Waals surface area contributed by atoms with E-state index in [9.17, 15) is 4.79 Å². The lowest BCUT2D eigenvalue weighted by Gasteiger charge is -2.21. The number of benzene rings is 1. The average molecular weight is 321 g/mol. The zero-order valence-electron chi connectivity index (χ0n) is 13.3. The lowest BCUT2D eigenvalue weighted by atomic mass is 10.1. The Hall–Kier alpha value is -2.73. The van der Waals surface area contributed by atoms with Crippen LogP contribution in [0.1, 0.15) is 6.42 Å². The summed E-state index contributed by atoms with van der Waals surface area (Å²) >= 11 is 0. The third-order valence-corrected chi connectivity index (χ3v) is 4.31. The summed E-state index contributed by atoms with van der Waals surface area (Å²) in [6, 6.07) is 9.32. The number of aromatic nitrogens is 3. The predicted molar refractivity (Wildman–Crippen MR) is 95.3 cm³/mol. The molecule has 2 N–H and O–H groups in total. The molecule has 1 saturated heterocycles. The molecule has 0 amide bonds. The van der Waals surface area contributed by atoms with E-state index in [1.165, 1.54) is 6.07 Å². The van der Waals surface area contributed by atoms with Crippen LogP contribution in [0.4, 0.5) is 5.82 Å². The van der Waals surface area contributed by atoms with Crippen molar-refractivity contribution in [2.45, 2.75) is 6.42 Å². The van der Waals surface area contributed by atoms with Crippen LogP contribution < -0.4 is 15.8 Å². The molecule has 0 radical (unpaired) electrons. The van der Waals surface area contributed by atoms with E-state index < -0.39 is 0 Å². The maximum Gasteiger partial charge on any atom is 0.248 e. The molecule has 0 atom stereocenters. The van der Waals surface area contributed by atoms with Gasteiger partial charge in [-0.1, -0.05) is 12.1 Å². The monoisotopic (exact) mass is 321 g/mol. The van der Waals surface area contributed by atoms with E-state index in [0.29, 0.717) is 0 Å². The van der Waals surface area contributed by atoms with Gasteiger partial charge in [0.25, 0.3) is 0 Å². The minimum atomic E-state index is -0.100. The van der Waals surface area contributed by atoms with Crippen LogP contribution in [0.25, 0.3) is 22.2 Å². The highest BCUT2D eigenvalue weighted by Gasteiger charge is 2.12. The first kappa shape index (κ1) is 14.8. The Kier molecular flexibility index (Phi) is 3.96. The second kappa shape index (κ2) is 6.41. The molecule has 0 saturated carbocycles. The first-order valence-electron chi connectivity index (χ1n) is 8.21. The van der Waals surface area contributed by atoms with Gasteiger partial charge in [0.2, 0.25) is 5.56 Å². The second-order valence-corrected chi connectivity index (χ2v) is 5.98. The van der Waals surface area contributed by atoms with E-state index in [1.54, 1.807) is 6.20 Å². The van der Waals surface area contributed by atoms with Crippen molar-refractivity contribution in [3.63, 3.8) is 0 Å². The molecule has 4 rings (SSSR count). The van der Waals surface area contributed by atoms with Gasteiger partial charge in [-0.2, -0.15) is 0 Å². The number of pyridine rings is 1. The molecule has 0 aliphatic carbocycles. The maximum atomic E-state index is 11.5. The maximum absolute atomic E-state index is 11.5. The number of rotatable bonds is 2. The minimum absolute atomic E-state index is 0.100. The summed E-state index contributed by atoms with van der Waals surface area (Å²) in [5.41, 5.74) is 2.48. The molecule has 6 heteroatoms. The molecule has 6 nitrogen and oxygen atoms in total. The number of hydrogen-bond acceptors (Lipinski definition) is 5. The molecular formula is C18H19N5O. The van der Waals surface area contributed by atoms with Crippen molar-refractivity contribution in [1.29, 1.82) is 0 Å². The molecule has 3 aromatic rings. The summed E-state index contributed by atoms with van der Waals surface area (Å²) in [6.45, 7) is 3.92. The van der Waals surface area contributed by atoms with Crippen LogP contribution in [0.15, 0.2) is 47.5 Å². The first-order valence-corrected chi connectivity index (χ1v) is 8.21. The highest BCUT2D eigenvalue weighted by Crippen LogP contribution is 2.23. The second-order valence-electron chi connectivity index (χ2n) is 5.98. The minimum Gasteiger partial charge on any atom is -0.354 e. The lowest BCUT2D eigenvalue weighted by Crippen LogP contribution is -2.28. The van der Waals surface area contributed by atoms with Crippen molar-refractivity contribution in [2.24, 2.45) is 0 Å². The van der Waals surface area contributed by atoms with Gasteiger partial charge in [-0.25, -0.2) is 4.98 Å². The zero-order valence-corrected chi connectivity index (χ0v) is 13.3. The van der Waals surface area contributed by atoms with E-state index in [-0.39, 0.29) is 5.56 Å². The lowest BCUT2D eigenvalue weighted by molar-refractivity contribution is 0.724. The summed E-state index contributed by atoms with van der Waals surface area (Å²) in [6.07, 6.45) is 4.68. The van der Waals surface area contributed by atoms with Gasteiger partial charge >= 0.3 is 0 Å². The summed E-state index contributed by atoms with van der Waals surface area (Å²) in [7, 11) is 0. The van der Waals surface area contributed by atoms with Gasteiger partial charge in [-0.15, -0.1) is 0 Å². The fourth-order valence-corrected chi connectivity index (χ4v) is 3.03. The summed E-state index contributed by atoms with van der Waals surface area (Å²) in [5, 5.41) is 4.40. The first-order chi connectivity index (χ1) is 11.8. The summed E-state index contributed by atoms with van der Waals surface area (Å²) in [5.74, 6) is 0.901. The van der Waals surface area contributed by atoms with Crippen LogP contribution >= 0.6 is 0 Å². The number of aromatic amines is 1. The normalized spacial score (nSPS) is 15.4. The zero-order chi connectivity index (χ0) is 16.4. The van der Waals surface area contributed by atoms with E-state index in [1.807, 2.05) is 30.5 Å². The van der Waals surface area contributed by atoms with Crippen molar-refractivity contribution >= 4 is 16.7 Å². The van der Waals surface area contributed by atoms with Crippen molar-refractivity contribution in [2.75, 3.05) is 31.1 Å². The number of nitrogens with zero attached hydrogens (tertiary/aromatic N) is 3. The molecule has 1 aliphatic heterocycles. The predicted octanol–water partition coefficient (Wildman–Crippen LogP) is 1.78. The highest BCUT2D eigenvalue weighted by molar-refractivity contribution is 5.83. The van der Waals surface area contributed by atoms with Crippen LogP contribution in [0.3, 0.4) is 0 Å². The third kappa shape index (κ3) is 3.00. The van der Waals surface area contributed by atoms with Crippen LogP contribution in [-0.2, 0) is 0 Å². The van der Waals surface area contributed by atoms with E-state index in [2.05, 4.69) is 20.2 Å². The SMILES string of the molecule is O=c1ccc2ccc(-c3cncc(N4CCCNCC4)n3)cc2[nH]1. The number of H-pyrrole nitrogens is 1. The van der Waals surface area contributed by atoms with Crippen molar-refractivity contribution < 1.29 is 0 Å². The van der Waals surface area contributed by atoms with Gasteiger partial charge in [0.05, 0.1) is 18.1 Å². The number of hydrogen-bond donors (Lipinski definition) is 2. The van der Waals surface area contributed by atoms with Crippen LogP contribution in [0, 0.1) is 0 Å². The standard InChI is InChI=1S/C18H19N5O/c24-18-5-4-13-2-3-14(10-15(13)22-18)16-11-20-12-17(21-16)23-8-1-6-19-7-9-23/h2-5,10-12,19H,1,6-9H2,(H,22,24). The third-order valence-electron chi connectivity index (χ3n) is 4.31. The molecule has 24 heavy (non-hydrogen) atoms. The van der Waals surface area contributed by atoms with Gasteiger partial charge in [0, 0.05) is 36.8 Å². The van der Waals surface area contributed by atoms with E-state index in [0.717, 1.165) is 60.6 Å². The van der Waals surface area contributed by atoms with Gasteiger partial charge in [0.15, 0.2) is 0 Å². The Morgan fingerprint density at radius 1 is 1.04 bits per heavy atom. The molecule has 1 aromatic carbocycles. The molecule has 2 aromatic heterocycles. The molecule has 3 heterocycles. The van der Waals surface area contributed by atoms with Crippen LogP contribution in [0.2, 0.25) is 0 Å². The van der Waals surface area contributed by atoms with Crippen LogP contribution in [0.5, 0.6) is 0 Å². The Morgan fingerprint density at radius 2 is 1.96 bits per heavy atom. The molecule has 1 aliphatic rings. The van der Waals surface area contributed by atoms with Crippen molar-refractivity contribution in [3.05, 3.63) is 53.1 Å². The smallest absolute Gasteiger partial charge is 0.248 e.